The highest BCUT2D eigenvalue weighted by atomic mass is 32.2. The van der Waals surface area contributed by atoms with Gasteiger partial charge in [0, 0.05) is 32.1 Å². The fourth-order valence-electron chi connectivity index (χ4n) is 3.84. The van der Waals surface area contributed by atoms with E-state index in [0.717, 1.165) is 18.5 Å². The van der Waals surface area contributed by atoms with E-state index in [0.29, 0.717) is 43.9 Å². The summed E-state index contributed by atoms with van der Waals surface area (Å²) in [5, 5.41) is 0. The number of aryl methyl sites for hydroxylation is 1. The van der Waals surface area contributed by atoms with E-state index in [9.17, 15) is 13.2 Å². The van der Waals surface area contributed by atoms with Crippen LogP contribution in [-0.4, -0.2) is 56.3 Å². The first kappa shape index (κ1) is 19.3. The second-order valence-corrected chi connectivity index (χ2v) is 9.95. The lowest BCUT2D eigenvalue weighted by atomic mass is 9.90. The van der Waals surface area contributed by atoms with Crippen molar-refractivity contribution in [2.24, 2.45) is 17.1 Å². The smallest absolute Gasteiger partial charge is 0.243 e. The van der Waals surface area contributed by atoms with Gasteiger partial charge in [-0.15, -0.1) is 0 Å². The molecule has 3 rings (SSSR count). The Balaban J connectivity index is 1.60. The number of likely N-dealkylation sites (tertiary alicyclic amines) is 1. The number of rotatable bonds is 4. The third-order valence-corrected chi connectivity index (χ3v) is 7.74. The summed E-state index contributed by atoms with van der Waals surface area (Å²) < 4.78 is 27.1. The number of hydrogen-bond donors (Lipinski definition) is 1. The lowest BCUT2D eigenvalue weighted by molar-refractivity contribution is -0.136. The van der Waals surface area contributed by atoms with Crippen LogP contribution in [0.15, 0.2) is 29.2 Å². The van der Waals surface area contributed by atoms with Gasteiger partial charge in [0.15, 0.2) is 0 Å². The molecule has 2 N–H and O–H groups in total. The quantitative estimate of drug-likeness (QED) is 0.861. The van der Waals surface area contributed by atoms with Crippen LogP contribution in [0.1, 0.15) is 31.7 Å². The number of nitrogens with zero attached hydrogens (tertiary/aromatic N) is 2. The first-order valence-electron chi connectivity index (χ1n) is 9.31. The van der Waals surface area contributed by atoms with Crippen LogP contribution in [-0.2, 0) is 14.8 Å². The molecule has 1 unspecified atom stereocenters. The van der Waals surface area contributed by atoms with Crippen LogP contribution in [0.25, 0.3) is 0 Å². The zero-order chi connectivity index (χ0) is 18.9. The predicted octanol–water partition coefficient (Wildman–Crippen LogP) is 1.59. The van der Waals surface area contributed by atoms with Crippen LogP contribution in [0.4, 0.5) is 0 Å². The lowest BCUT2D eigenvalue weighted by Crippen LogP contribution is -2.44. The first-order chi connectivity index (χ1) is 12.2. The third-order valence-electron chi connectivity index (χ3n) is 5.82. The largest absolute Gasteiger partial charge is 0.342 e. The van der Waals surface area contributed by atoms with Crippen LogP contribution in [0.2, 0.25) is 0 Å². The average molecular weight is 380 g/mol. The molecule has 2 heterocycles. The van der Waals surface area contributed by atoms with Gasteiger partial charge in [0.1, 0.15) is 0 Å². The second kappa shape index (κ2) is 7.29. The van der Waals surface area contributed by atoms with Crippen molar-refractivity contribution < 1.29 is 13.2 Å². The topological polar surface area (TPSA) is 83.7 Å². The highest BCUT2D eigenvalue weighted by Crippen LogP contribution is 2.32. The number of sulfonamides is 1. The Hall–Kier alpha value is -1.44. The van der Waals surface area contributed by atoms with Gasteiger partial charge in [-0.2, -0.15) is 4.31 Å². The molecule has 6 nitrogen and oxygen atoms in total. The molecule has 1 atom stereocenters. The van der Waals surface area contributed by atoms with E-state index in [1.165, 1.54) is 4.31 Å². The molecule has 0 radical (unpaired) electrons. The summed E-state index contributed by atoms with van der Waals surface area (Å²) in [4.78, 5) is 15.0. The van der Waals surface area contributed by atoms with Crippen LogP contribution in [0, 0.1) is 18.3 Å². The molecule has 0 saturated carbocycles. The lowest BCUT2D eigenvalue weighted by Gasteiger charge is -2.33. The molecule has 0 bridgehead atoms. The number of amides is 1. The molecule has 2 aliphatic heterocycles. The van der Waals surface area contributed by atoms with Crippen molar-refractivity contribution >= 4 is 15.9 Å². The first-order valence-corrected chi connectivity index (χ1v) is 10.7. The Labute approximate surface area is 156 Å². The fraction of sp³-hybridized carbons (Fsp3) is 0.632. The zero-order valence-corrected chi connectivity index (χ0v) is 16.5. The minimum atomic E-state index is -3.48. The van der Waals surface area contributed by atoms with Crippen molar-refractivity contribution in [2.75, 3.05) is 32.7 Å². The molecule has 0 spiro atoms. The number of nitrogens with two attached hydrogens (primary N) is 1. The number of piperidine rings is 1. The summed E-state index contributed by atoms with van der Waals surface area (Å²) in [5.41, 5.74) is 6.88. The van der Waals surface area contributed by atoms with E-state index in [-0.39, 0.29) is 17.2 Å². The Morgan fingerprint density at radius 3 is 2.35 bits per heavy atom. The molecule has 0 aromatic heterocycles. The monoisotopic (exact) mass is 379 g/mol. The van der Waals surface area contributed by atoms with E-state index in [1.807, 2.05) is 24.0 Å². The number of carbonyl (C=O) groups excluding carboxylic acids is 1. The van der Waals surface area contributed by atoms with Gasteiger partial charge in [0.25, 0.3) is 0 Å². The number of benzene rings is 1. The Morgan fingerprint density at radius 1 is 1.19 bits per heavy atom. The highest BCUT2D eigenvalue weighted by molar-refractivity contribution is 7.89. The van der Waals surface area contributed by atoms with Crippen LogP contribution in [0.5, 0.6) is 0 Å². The van der Waals surface area contributed by atoms with E-state index < -0.39 is 10.0 Å². The van der Waals surface area contributed by atoms with Gasteiger partial charge in [0.2, 0.25) is 15.9 Å². The Morgan fingerprint density at radius 2 is 1.81 bits per heavy atom. The van der Waals surface area contributed by atoms with Gasteiger partial charge in [-0.3, -0.25) is 4.79 Å². The normalized spacial score (nSPS) is 25.6. The fourth-order valence-corrected chi connectivity index (χ4v) is 5.31. The van der Waals surface area contributed by atoms with Gasteiger partial charge in [-0.25, -0.2) is 8.42 Å². The second-order valence-electron chi connectivity index (χ2n) is 8.02. The minimum Gasteiger partial charge on any atom is -0.342 e. The molecule has 26 heavy (non-hydrogen) atoms. The van der Waals surface area contributed by atoms with Gasteiger partial charge in [-0.05, 0) is 50.3 Å². The molecule has 2 saturated heterocycles. The molecule has 2 aliphatic rings. The maximum Gasteiger partial charge on any atom is 0.243 e. The molecule has 2 fully saturated rings. The Kier molecular flexibility index (Phi) is 5.42. The molecule has 7 heteroatoms. The van der Waals surface area contributed by atoms with Crippen LogP contribution in [0.3, 0.4) is 0 Å². The van der Waals surface area contributed by atoms with Crippen molar-refractivity contribution in [2.45, 2.75) is 38.0 Å². The maximum absolute atomic E-state index is 12.8. The van der Waals surface area contributed by atoms with Gasteiger partial charge < -0.3 is 10.6 Å². The molecule has 144 valence electrons. The third kappa shape index (κ3) is 3.80. The standard InChI is InChI=1S/C19H29N3O3S/c1-15-3-5-17(6-4-15)26(24,25)22-10-7-16(8-11-22)18(23)21-12-9-19(2,13-20)14-21/h3-6,16H,7-14,20H2,1-2H3. The van der Waals surface area contributed by atoms with Crippen LogP contribution < -0.4 is 5.73 Å². The van der Waals surface area contributed by atoms with Crippen molar-refractivity contribution in [3.05, 3.63) is 29.8 Å². The molecular weight excluding hydrogens is 350 g/mol. The molecule has 1 aromatic carbocycles. The minimum absolute atomic E-state index is 0.0190. The summed E-state index contributed by atoms with van der Waals surface area (Å²) in [6.45, 7) is 6.91. The van der Waals surface area contributed by atoms with E-state index in [2.05, 4.69) is 6.92 Å². The summed E-state index contributed by atoms with van der Waals surface area (Å²) in [6, 6.07) is 6.93. The van der Waals surface area contributed by atoms with Gasteiger partial charge in [-0.1, -0.05) is 24.6 Å². The number of hydrogen-bond acceptors (Lipinski definition) is 4. The van der Waals surface area contributed by atoms with Crippen molar-refractivity contribution in [1.82, 2.24) is 9.21 Å². The summed E-state index contributed by atoms with van der Waals surface area (Å²) >= 11 is 0. The highest BCUT2D eigenvalue weighted by Gasteiger charge is 2.39. The van der Waals surface area contributed by atoms with Gasteiger partial charge in [0.05, 0.1) is 4.90 Å². The predicted molar refractivity (Wildman–Crippen MR) is 101 cm³/mol. The van der Waals surface area contributed by atoms with Crippen molar-refractivity contribution in [1.29, 1.82) is 0 Å². The maximum atomic E-state index is 12.8. The molecule has 0 aliphatic carbocycles. The van der Waals surface area contributed by atoms with Gasteiger partial charge >= 0.3 is 0 Å². The molecular formula is C19H29N3O3S. The SMILES string of the molecule is Cc1ccc(S(=O)(=O)N2CCC(C(=O)N3CCC(C)(CN)C3)CC2)cc1. The van der Waals surface area contributed by atoms with E-state index >= 15 is 0 Å². The van der Waals surface area contributed by atoms with Crippen molar-refractivity contribution in [3.8, 4) is 0 Å². The van der Waals surface area contributed by atoms with Crippen molar-refractivity contribution in [3.63, 3.8) is 0 Å². The summed E-state index contributed by atoms with van der Waals surface area (Å²) in [5.74, 6) is 0.0779. The van der Waals surface area contributed by atoms with Crippen LogP contribution >= 0.6 is 0 Å². The van der Waals surface area contributed by atoms with E-state index in [1.54, 1.807) is 12.1 Å². The average Bonchev–Trinajstić information content (AvgIpc) is 3.04. The Bertz CT molecular complexity index is 755. The van der Waals surface area contributed by atoms with E-state index in [4.69, 9.17) is 5.73 Å². The summed E-state index contributed by atoms with van der Waals surface area (Å²) in [7, 11) is -3.48. The zero-order valence-electron chi connectivity index (χ0n) is 15.6. The molecule has 1 aromatic rings. The molecule has 1 amide bonds. The number of carbonyl (C=O) groups is 1. The summed E-state index contributed by atoms with van der Waals surface area (Å²) in [6.07, 6.45) is 2.11.